The SMILES string of the molecule is CCCCC(=O)NCCN(c1ccc(Br)cc1)S(C)(=O)=O. The molecule has 1 rings (SSSR count). The second-order valence-electron chi connectivity index (χ2n) is 4.77. The van der Waals surface area contributed by atoms with Crippen LogP contribution < -0.4 is 9.62 Å². The van der Waals surface area contributed by atoms with Crippen molar-refractivity contribution < 1.29 is 13.2 Å². The van der Waals surface area contributed by atoms with Crippen LogP contribution in [0.4, 0.5) is 5.69 Å². The molecule has 0 radical (unpaired) electrons. The molecule has 0 bridgehead atoms. The highest BCUT2D eigenvalue weighted by molar-refractivity contribution is 9.10. The Balaban J connectivity index is 2.65. The Labute approximate surface area is 134 Å². The first-order chi connectivity index (χ1) is 9.84. The second-order valence-corrected chi connectivity index (χ2v) is 7.59. The minimum Gasteiger partial charge on any atom is -0.354 e. The van der Waals surface area contributed by atoms with Gasteiger partial charge in [-0.1, -0.05) is 29.3 Å². The molecule has 1 aromatic carbocycles. The maximum Gasteiger partial charge on any atom is 0.232 e. The van der Waals surface area contributed by atoms with E-state index in [-0.39, 0.29) is 12.5 Å². The van der Waals surface area contributed by atoms with E-state index in [4.69, 9.17) is 0 Å². The third-order valence-corrected chi connectivity index (χ3v) is 4.63. The van der Waals surface area contributed by atoms with Crippen LogP contribution in [-0.4, -0.2) is 33.7 Å². The molecule has 0 saturated heterocycles. The summed E-state index contributed by atoms with van der Waals surface area (Å²) in [4.78, 5) is 11.5. The summed E-state index contributed by atoms with van der Waals surface area (Å²) in [6.07, 6.45) is 3.44. The first-order valence-electron chi connectivity index (χ1n) is 6.84. The molecule has 1 aromatic rings. The van der Waals surface area contributed by atoms with Crippen molar-refractivity contribution in [1.29, 1.82) is 0 Å². The molecule has 0 aliphatic rings. The largest absolute Gasteiger partial charge is 0.354 e. The highest BCUT2D eigenvalue weighted by Gasteiger charge is 2.17. The van der Waals surface area contributed by atoms with Gasteiger partial charge in [-0.05, 0) is 30.7 Å². The molecule has 0 aliphatic heterocycles. The van der Waals surface area contributed by atoms with Gasteiger partial charge in [-0.25, -0.2) is 8.42 Å². The molecule has 0 unspecified atom stereocenters. The van der Waals surface area contributed by atoms with Crippen LogP contribution in [0.5, 0.6) is 0 Å². The molecule has 118 valence electrons. The molecule has 5 nitrogen and oxygen atoms in total. The van der Waals surface area contributed by atoms with Crippen LogP contribution in [0.2, 0.25) is 0 Å². The third-order valence-electron chi connectivity index (χ3n) is 2.91. The van der Waals surface area contributed by atoms with Crippen molar-refractivity contribution in [1.82, 2.24) is 5.32 Å². The van der Waals surface area contributed by atoms with Crippen LogP contribution in [0, 0.1) is 0 Å². The quantitative estimate of drug-likeness (QED) is 0.757. The highest BCUT2D eigenvalue weighted by atomic mass is 79.9. The van der Waals surface area contributed by atoms with Crippen molar-refractivity contribution >= 4 is 37.5 Å². The molecule has 1 amide bonds. The van der Waals surface area contributed by atoms with Gasteiger partial charge in [0.15, 0.2) is 0 Å². The molecule has 0 fully saturated rings. The molecule has 0 aromatic heterocycles. The summed E-state index contributed by atoms with van der Waals surface area (Å²) >= 11 is 3.32. The van der Waals surface area contributed by atoms with Crippen LogP contribution in [-0.2, 0) is 14.8 Å². The minimum absolute atomic E-state index is 0.0406. The van der Waals surface area contributed by atoms with E-state index in [9.17, 15) is 13.2 Å². The number of nitrogens with zero attached hydrogens (tertiary/aromatic N) is 1. The summed E-state index contributed by atoms with van der Waals surface area (Å²) in [6.45, 7) is 2.54. The van der Waals surface area contributed by atoms with Crippen molar-refractivity contribution in [3.63, 3.8) is 0 Å². The van der Waals surface area contributed by atoms with Crippen molar-refractivity contribution in [2.24, 2.45) is 0 Å². The van der Waals surface area contributed by atoms with Crippen LogP contribution >= 0.6 is 15.9 Å². The van der Waals surface area contributed by atoms with Gasteiger partial charge in [-0.3, -0.25) is 9.10 Å². The van der Waals surface area contributed by atoms with Crippen LogP contribution in [0.3, 0.4) is 0 Å². The Morgan fingerprint density at radius 3 is 2.43 bits per heavy atom. The number of anilines is 1. The molecule has 0 atom stereocenters. The van der Waals surface area contributed by atoms with Gasteiger partial charge in [0.1, 0.15) is 0 Å². The fraction of sp³-hybridized carbons (Fsp3) is 0.500. The lowest BCUT2D eigenvalue weighted by Crippen LogP contribution is -2.38. The summed E-state index contributed by atoms with van der Waals surface area (Å²) in [5.74, 6) is -0.0406. The first-order valence-corrected chi connectivity index (χ1v) is 9.48. The number of benzene rings is 1. The fourth-order valence-corrected chi connectivity index (χ4v) is 3.01. The van der Waals surface area contributed by atoms with Crippen molar-refractivity contribution in [2.75, 3.05) is 23.7 Å². The van der Waals surface area contributed by atoms with Crippen molar-refractivity contribution in [2.45, 2.75) is 26.2 Å². The monoisotopic (exact) mass is 376 g/mol. The molecule has 21 heavy (non-hydrogen) atoms. The Morgan fingerprint density at radius 2 is 1.90 bits per heavy atom. The van der Waals surface area contributed by atoms with Gasteiger partial charge >= 0.3 is 0 Å². The van der Waals surface area contributed by atoms with Gasteiger partial charge in [-0.2, -0.15) is 0 Å². The predicted molar refractivity (Wildman–Crippen MR) is 88.9 cm³/mol. The predicted octanol–water partition coefficient (Wildman–Crippen LogP) is 2.52. The second kappa shape index (κ2) is 8.38. The summed E-state index contributed by atoms with van der Waals surface area (Å²) in [5.41, 5.74) is 0.587. The minimum atomic E-state index is -3.38. The molecule has 7 heteroatoms. The molecule has 0 saturated carbocycles. The average molecular weight is 377 g/mol. The number of carbonyl (C=O) groups excluding carboxylic acids is 1. The van der Waals surface area contributed by atoms with Gasteiger partial charge in [0, 0.05) is 17.4 Å². The van der Waals surface area contributed by atoms with E-state index in [1.807, 2.05) is 6.92 Å². The number of hydrogen-bond donors (Lipinski definition) is 1. The van der Waals surface area contributed by atoms with E-state index in [0.29, 0.717) is 18.7 Å². The van der Waals surface area contributed by atoms with Gasteiger partial charge < -0.3 is 5.32 Å². The number of carbonyl (C=O) groups is 1. The lowest BCUT2D eigenvalue weighted by molar-refractivity contribution is -0.121. The maximum absolute atomic E-state index is 11.9. The Kier molecular flexibility index (Phi) is 7.17. The van der Waals surface area contributed by atoms with Gasteiger partial charge in [-0.15, -0.1) is 0 Å². The number of halogens is 1. The number of amides is 1. The zero-order valence-corrected chi connectivity index (χ0v) is 14.7. The zero-order valence-electron chi connectivity index (χ0n) is 12.3. The van der Waals surface area contributed by atoms with E-state index >= 15 is 0 Å². The van der Waals surface area contributed by atoms with Crippen molar-refractivity contribution in [3.8, 4) is 0 Å². The summed E-state index contributed by atoms with van der Waals surface area (Å²) in [5, 5.41) is 2.75. The Morgan fingerprint density at radius 1 is 1.29 bits per heavy atom. The Bertz CT molecular complexity index is 558. The maximum atomic E-state index is 11.9. The van der Waals surface area contributed by atoms with Crippen LogP contribution in [0.1, 0.15) is 26.2 Å². The Hall–Kier alpha value is -1.08. The standard InChI is InChI=1S/C14H21BrN2O3S/c1-3-4-5-14(18)16-10-11-17(21(2,19)20)13-8-6-12(15)7-9-13/h6-9H,3-5,10-11H2,1-2H3,(H,16,18). The molecular weight excluding hydrogens is 356 g/mol. The molecule has 0 spiro atoms. The number of nitrogens with one attached hydrogen (secondary N) is 1. The first kappa shape index (κ1) is 18.0. The number of rotatable bonds is 8. The number of sulfonamides is 1. The zero-order chi connectivity index (χ0) is 15.9. The molecular formula is C14H21BrN2O3S. The van der Waals surface area contributed by atoms with E-state index in [2.05, 4.69) is 21.2 Å². The third kappa shape index (κ3) is 6.48. The fourth-order valence-electron chi connectivity index (χ4n) is 1.82. The molecule has 0 heterocycles. The smallest absolute Gasteiger partial charge is 0.232 e. The van der Waals surface area contributed by atoms with E-state index < -0.39 is 10.0 Å². The normalized spacial score (nSPS) is 11.2. The van der Waals surface area contributed by atoms with E-state index in [0.717, 1.165) is 23.6 Å². The lowest BCUT2D eigenvalue weighted by atomic mass is 10.2. The number of hydrogen-bond acceptors (Lipinski definition) is 3. The molecule has 1 N–H and O–H groups in total. The van der Waals surface area contributed by atoms with Gasteiger partial charge in [0.25, 0.3) is 0 Å². The summed E-state index contributed by atoms with van der Waals surface area (Å²) < 4.78 is 25.9. The highest BCUT2D eigenvalue weighted by Crippen LogP contribution is 2.20. The van der Waals surface area contributed by atoms with Crippen molar-refractivity contribution in [3.05, 3.63) is 28.7 Å². The van der Waals surface area contributed by atoms with E-state index in [1.165, 1.54) is 4.31 Å². The average Bonchev–Trinajstić information content (AvgIpc) is 2.41. The van der Waals surface area contributed by atoms with E-state index in [1.54, 1.807) is 24.3 Å². The van der Waals surface area contributed by atoms with Crippen LogP contribution in [0.25, 0.3) is 0 Å². The molecule has 0 aliphatic carbocycles. The topological polar surface area (TPSA) is 66.5 Å². The van der Waals surface area contributed by atoms with Crippen LogP contribution in [0.15, 0.2) is 28.7 Å². The number of unbranched alkanes of at least 4 members (excludes halogenated alkanes) is 1. The lowest BCUT2D eigenvalue weighted by Gasteiger charge is -2.22. The summed E-state index contributed by atoms with van der Waals surface area (Å²) in [6, 6.07) is 7.02. The van der Waals surface area contributed by atoms with Gasteiger partial charge in [0.2, 0.25) is 15.9 Å². The van der Waals surface area contributed by atoms with Gasteiger partial charge in [0.05, 0.1) is 18.5 Å². The summed E-state index contributed by atoms with van der Waals surface area (Å²) in [7, 11) is -3.38.